The average molecular weight is 330 g/mol. The molecule has 0 saturated carbocycles. The Hall–Kier alpha value is -2.83. The summed E-state index contributed by atoms with van der Waals surface area (Å²) in [6.45, 7) is 5.84. The summed E-state index contributed by atoms with van der Waals surface area (Å²) < 4.78 is 10.5. The predicted molar refractivity (Wildman–Crippen MR) is 91.9 cm³/mol. The fraction of sp³-hybridized carbons (Fsp3) is 0.353. The van der Waals surface area contributed by atoms with Gasteiger partial charge in [-0.05, 0) is 37.1 Å². The molecule has 0 atom stereocenters. The number of nitrogens with one attached hydrogen (secondary N) is 2. The van der Waals surface area contributed by atoms with Crippen molar-refractivity contribution in [3.8, 4) is 11.5 Å². The molecule has 0 bridgehead atoms. The fourth-order valence-electron chi connectivity index (χ4n) is 2.07. The molecular weight excluding hydrogens is 308 g/mol. The van der Waals surface area contributed by atoms with Crippen LogP contribution in [0.1, 0.15) is 48.4 Å². The lowest BCUT2D eigenvalue weighted by Crippen LogP contribution is -2.19. The maximum Gasteiger partial charge on any atom is 0.291 e. The number of carbonyl (C=O) groups is 1. The van der Waals surface area contributed by atoms with E-state index < -0.39 is 0 Å². The van der Waals surface area contributed by atoms with Crippen molar-refractivity contribution in [3.63, 3.8) is 0 Å². The molecule has 7 heteroatoms. The number of H-pyrrole nitrogens is 1. The molecule has 0 saturated heterocycles. The lowest BCUT2D eigenvalue weighted by atomic mass is 10.1. The average Bonchev–Trinajstić information content (AvgIpc) is 3.09. The smallest absolute Gasteiger partial charge is 0.291 e. The number of nitrogens with zero attached hydrogens (tertiary/aromatic N) is 2. The van der Waals surface area contributed by atoms with E-state index in [1.54, 1.807) is 39.3 Å². The second-order valence-electron chi connectivity index (χ2n) is 5.57. The van der Waals surface area contributed by atoms with E-state index >= 15 is 0 Å². The van der Waals surface area contributed by atoms with Crippen LogP contribution in [0.15, 0.2) is 29.4 Å². The van der Waals surface area contributed by atoms with Gasteiger partial charge in [0.1, 0.15) is 0 Å². The molecule has 128 valence electrons. The van der Waals surface area contributed by atoms with Gasteiger partial charge < -0.3 is 9.47 Å². The molecule has 2 aromatic rings. The van der Waals surface area contributed by atoms with Gasteiger partial charge in [-0.25, -0.2) is 5.43 Å². The lowest BCUT2D eigenvalue weighted by molar-refractivity contribution is 0.0950. The number of hydrogen-bond acceptors (Lipinski definition) is 5. The highest BCUT2D eigenvalue weighted by atomic mass is 16.5. The van der Waals surface area contributed by atoms with Crippen LogP contribution in [-0.2, 0) is 0 Å². The first-order chi connectivity index (χ1) is 11.5. The number of hydrazone groups is 1. The van der Waals surface area contributed by atoms with Gasteiger partial charge in [0.15, 0.2) is 17.2 Å². The van der Waals surface area contributed by atoms with E-state index in [1.807, 2.05) is 19.9 Å². The number of ether oxygens (including phenoxy) is 2. The third-order valence-electron chi connectivity index (χ3n) is 3.58. The molecular formula is C17H22N4O3. The SMILES string of the molecule is COc1ccc(C(C)=NNC(=O)c2cc(C(C)C)[nH]n2)cc1OC. The van der Waals surface area contributed by atoms with Crippen LogP contribution in [0.5, 0.6) is 11.5 Å². The van der Waals surface area contributed by atoms with Crippen molar-refractivity contribution in [2.75, 3.05) is 14.2 Å². The quantitative estimate of drug-likeness (QED) is 0.629. The van der Waals surface area contributed by atoms with E-state index in [4.69, 9.17) is 9.47 Å². The number of aromatic amines is 1. The van der Waals surface area contributed by atoms with Gasteiger partial charge in [0, 0.05) is 11.3 Å². The van der Waals surface area contributed by atoms with Gasteiger partial charge in [0.25, 0.3) is 5.91 Å². The summed E-state index contributed by atoms with van der Waals surface area (Å²) in [6, 6.07) is 7.16. The van der Waals surface area contributed by atoms with Crippen molar-refractivity contribution in [2.45, 2.75) is 26.7 Å². The summed E-state index contributed by atoms with van der Waals surface area (Å²) in [4.78, 5) is 12.1. The maximum absolute atomic E-state index is 12.1. The van der Waals surface area contributed by atoms with Gasteiger partial charge in [0.05, 0.1) is 19.9 Å². The van der Waals surface area contributed by atoms with Crippen LogP contribution >= 0.6 is 0 Å². The second-order valence-corrected chi connectivity index (χ2v) is 5.57. The third-order valence-corrected chi connectivity index (χ3v) is 3.58. The largest absolute Gasteiger partial charge is 0.493 e. The Kier molecular flexibility index (Phi) is 5.57. The van der Waals surface area contributed by atoms with Crippen molar-refractivity contribution in [3.05, 3.63) is 41.2 Å². The Morgan fingerprint density at radius 2 is 1.92 bits per heavy atom. The fourth-order valence-corrected chi connectivity index (χ4v) is 2.07. The minimum Gasteiger partial charge on any atom is -0.493 e. The molecule has 0 aliphatic heterocycles. The zero-order valence-corrected chi connectivity index (χ0v) is 14.5. The molecule has 7 nitrogen and oxygen atoms in total. The molecule has 24 heavy (non-hydrogen) atoms. The molecule has 0 aliphatic carbocycles. The van der Waals surface area contributed by atoms with Crippen LogP contribution < -0.4 is 14.9 Å². The van der Waals surface area contributed by atoms with E-state index in [1.165, 1.54) is 0 Å². The Morgan fingerprint density at radius 1 is 1.21 bits per heavy atom. The Labute approximate surface area is 141 Å². The molecule has 1 aromatic heterocycles. The Balaban J connectivity index is 2.11. The normalized spacial score (nSPS) is 11.5. The van der Waals surface area contributed by atoms with Crippen LogP contribution in [0, 0.1) is 0 Å². The molecule has 1 amide bonds. The van der Waals surface area contributed by atoms with Crippen LogP contribution in [0.25, 0.3) is 0 Å². The number of carbonyl (C=O) groups excluding carboxylic acids is 1. The first kappa shape index (κ1) is 17.5. The van der Waals surface area contributed by atoms with E-state index in [0.717, 1.165) is 11.3 Å². The van der Waals surface area contributed by atoms with Gasteiger partial charge >= 0.3 is 0 Å². The number of methoxy groups -OCH3 is 2. The number of aromatic nitrogens is 2. The summed E-state index contributed by atoms with van der Waals surface area (Å²) in [7, 11) is 3.15. The zero-order chi connectivity index (χ0) is 17.7. The Morgan fingerprint density at radius 3 is 2.50 bits per heavy atom. The monoisotopic (exact) mass is 330 g/mol. The summed E-state index contributed by atoms with van der Waals surface area (Å²) in [5, 5.41) is 11.0. The number of benzene rings is 1. The Bertz CT molecular complexity index is 750. The summed E-state index contributed by atoms with van der Waals surface area (Å²) >= 11 is 0. The zero-order valence-electron chi connectivity index (χ0n) is 14.5. The van der Waals surface area contributed by atoms with Gasteiger partial charge in [-0.1, -0.05) is 13.8 Å². The van der Waals surface area contributed by atoms with Gasteiger partial charge in [-0.2, -0.15) is 10.2 Å². The topological polar surface area (TPSA) is 88.6 Å². The maximum atomic E-state index is 12.1. The van der Waals surface area contributed by atoms with E-state index in [9.17, 15) is 4.79 Å². The molecule has 0 radical (unpaired) electrons. The lowest BCUT2D eigenvalue weighted by Gasteiger charge is -2.09. The molecule has 1 aromatic carbocycles. The van der Waals surface area contributed by atoms with Crippen LogP contribution in [0.4, 0.5) is 0 Å². The highest BCUT2D eigenvalue weighted by Gasteiger charge is 2.12. The van der Waals surface area contributed by atoms with Gasteiger partial charge in [0.2, 0.25) is 0 Å². The molecule has 1 heterocycles. The van der Waals surface area contributed by atoms with Crippen molar-refractivity contribution < 1.29 is 14.3 Å². The molecule has 2 N–H and O–H groups in total. The highest BCUT2D eigenvalue weighted by Crippen LogP contribution is 2.27. The van der Waals surface area contributed by atoms with Gasteiger partial charge in [-0.3, -0.25) is 9.89 Å². The third kappa shape index (κ3) is 3.92. The minimum atomic E-state index is -0.363. The highest BCUT2D eigenvalue weighted by molar-refractivity contribution is 6.00. The molecule has 2 rings (SSSR count). The standard InChI is InChI=1S/C17H22N4O3/c1-10(2)13-9-14(20-19-13)17(22)21-18-11(3)12-6-7-15(23-4)16(8-12)24-5/h6-10H,1-5H3,(H,19,20)(H,21,22). The van der Waals surface area contributed by atoms with E-state index in [0.29, 0.717) is 22.9 Å². The first-order valence-electron chi connectivity index (χ1n) is 7.58. The van der Waals surface area contributed by atoms with Gasteiger partial charge in [-0.15, -0.1) is 0 Å². The van der Waals surface area contributed by atoms with Crippen LogP contribution in [0.2, 0.25) is 0 Å². The summed E-state index contributed by atoms with van der Waals surface area (Å²) in [5.41, 5.74) is 5.18. The molecule has 0 fully saturated rings. The predicted octanol–water partition coefficient (Wildman–Crippen LogP) is 2.70. The van der Waals surface area contributed by atoms with Crippen LogP contribution in [-0.4, -0.2) is 36.0 Å². The van der Waals surface area contributed by atoms with Crippen molar-refractivity contribution >= 4 is 11.6 Å². The van der Waals surface area contributed by atoms with Crippen molar-refractivity contribution in [1.29, 1.82) is 0 Å². The number of amides is 1. The summed E-state index contributed by atoms with van der Waals surface area (Å²) in [6.07, 6.45) is 0. The van der Waals surface area contributed by atoms with E-state index in [2.05, 4.69) is 20.7 Å². The number of rotatable bonds is 6. The first-order valence-corrected chi connectivity index (χ1v) is 7.58. The minimum absolute atomic E-state index is 0.274. The second kappa shape index (κ2) is 7.63. The van der Waals surface area contributed by atoms with Crippen LogP contribution in [0.3, 0.4) is 0 Å². The van der Waals surface area contributed by atoms with Crippen molar-refractivity contribution in [2.24, 2.45) is 5.10 Å². The van der Waals surface area contributed by atoms with E-state index in [-0.39, 0.29) is 11.8 Å². The van der Waals surface area contributed by atoms with Crippen molar-refractivity contribution in [1.82, 2.24) is 15.6 Å². The number of hydrogen-bond donors (Lipinski definition) is 2. The molecule has 0 aliphatic rings. The molecule has 0 unspecified atom stereocenters. The summed E-state index contributed by atoms with van der Waals surface area (Å²) in [5.74, 6) is 1.15. The molecule has 0 spiro atoms.